The topological polar surface area (TPSA) is 31.7 Å². The number of amidine groups is 1. The van der Waals surface area contributed by atoms with Gasteiger partial charge in [0, 0.05) is 23.6 Å². The molecule has 3 aromatic rings. The van der Waals surface area contributed by atoms with Gasteiger partial charge in [-0.3, -0.25) is 9.88 Å². The Labute approximate surface area is 151 Å². The molecule has 0 saturated heterocycles. The van der Waals surface area contributed by atoms with Crippen LogP contribution in [-0.2, 0) is 0 Å². The normalized spacial score (nSPS) is 16.8. The number of benzene rings is 2. The van der Waals surface area contributed by atoms with Crippen molar-refractivity contribution in [1.29, 1.82) is 0 Å². The first-order chi connectivity index (χ1) is 12.4. The summed E-state index contributed by atoms with van der Waals surface area (Å²) in [5, 5.41) is 7.93. The number of hydrogen-bond donors (Lipinski definition) is 0. The molecule has 2 heterocycles. The molecule has 5 heteroatoms. The number of rotatable bonds is 3. The van der Waals surface area contributed by atoms with E-state index in [9.17, 15) is 0 Å². The summed E-state index contributed by atoms with van der Waals surface area (Å²) >= 11 is 1.65. The molecule has 1 unspecified atom stereocenters. The summed E-state index contributed by atoms with van der Waals surface area (Å²) in [5.41, 5.74) is 3.27. The second kappa shape index (κ2) is 6.99. The lowest BCUT2D eigenvalue weighted by Gasteiger charge is -2.31. The third-order valence-electron chi connectivity index (χ3n) is 4.10. The molecule has 0 aliphatic carbocycles. The molecule has 4 nitrogen and oxygen atoms in total. The quantitative estimate of drug-likeness (QED) is 0.685. The number of aromatic nitrogens is 1. The smallest absolute Gasteiger partial charge is 0.189 e. The van der Waals surface area contributed by atoms with Crippen LogP contribution >= 0.6 is 11.8 Å². The third-order valence-corrected chi connectivity index (χ3v) is 4.74. The second-order valence-electron chi connectivity index (χ2n) is 5.63. The van der Waals surface area contributed by atoms with Crippen LogP contribution in [0.5, 0.6) is 0 Å². The van der Waals surface area contributed by atoms with Gasteiger partial charge in [-0.1, -0.05) is 54.2 Å². The van der Waals surface area contributed by atoms with Crippen LogP contribution in [-0.4, -0.2) is 16.4 Å². The van der Waals surface area contributed by atoms with E-state index in [0.717, 1.165) is 22.1 Å². The fraction of sp³-hybridized carbons (Fsp3) is 0.100. The molecule has 4 rings (SSSR count). The van der Waals surface area contributed by atoms with Crippen molar-refractivity contribution in [2.45, 2.75) is 6.17 Å². The van der Waals surface area contributed by atoms with Crippen LogP contribution in [0.2, 0.25) is 0 Å². The first-order valence-electron chi connectivity index (χ1n) is 8.09. The minimum atomic E-state index is -0.0686. The van der Waals surface area contributed by atoms with E-state index in [4.69, 9.17) is 5.10 Å². The van der Waals surface area contributed by atoms with Crippen molar-refractivity contribution in [3.8, 4) is 0 Å². The SMILES string of the molecule is CSC1=NN(c2ccccc2)C(c2cccnc2)N1c1ccccc1. The van der Waals surface area contributed by atoms with Gasteiger partial charge in [0.15, 0.2) is 11.3 Å². The summed E-state index contributed by atoms with van der Waals surface area (Å²) in [6.45, 7) is 0. The fourth-order valence-electron chi connectivity index (χ4n) is 2.99. The molecule has 1 aliphatic heterocycles. The standard InChI is InChI=1S/C20H18N4S/c1-25-20-22-24(18-12-6-3-7-13-18)19(16-9-8-14-21-15-16)23(20)17-10-4-2-5-11-17/h2-15,19H,1H3. The number of pyridine rings is 1. The highest BCUT2D eigenvalue weighted by molar-refractivity contribution is 8.13. The molecule has 0 fully saturated rings. The predicted molar refractivity (Wildman–Crippen MR) is 106 cm³/mol. The van der Waals surface area contributed by atoms with Gasteiger partial charge in [0.25, 0.3) is 0 Å². The highest BCUT2D eigenvalue weighted by Crippen LogP contribution is 2.40. The zero-order valence-corrected chi connectivity index (χ0v) is 14.7. The van der Waals surface area contributed by atoms with E-state index in [1.165, 1.54) is 0 Å². The summed E-state index contributed by atoms with van der Waals surface area (Å²) in [6, 6.07) is 24.7. The van der Waals surface area contributed by atoms with E-state index in [0.29, 0.717) is 0 Å². The van der Waals surface area contributed by atoms with Gasteiger partial charge in [-0.15, -0.1) is 5.10 Å². The maximum absolute atomic E-state index is 4.90. The molecule has 0 N–H and O–H groups in total. The Kier molecular flexibility index (Phi) is 4.39. The fourth-order valence-corrected chi connectivity index (χ4v) is 3.56. The van der Waals surface area contributed by atoms with Gasteiger partial charge in [0.05, 0.1) is 5.69 Å². The average molecular weight is 346 g/mol. The Morgan fingerprint density at radius 3 is 2.12 bits per heavy atom. The Hall–Kier alpha value is -2.79. The maximum Gasteiger partial charge on any atom is 0.189 e. The van der Waals surface area contributed by atoms with Crippen LogP contribution < -0.4 is 9.91 Å². The number of hydrogen-bond acceptors (Lipinski definition) is 5. The van der Waals surface area contributed by atoms with Crippen LogP contribution in [0, 0.1) is 0 Å². The second-order valence-corrected chi connectivity index (χ2v) is 6.41. The van der Waals surface area contributed by atoms with Crippen molar-refractivity contribution < 1.29 is 0 Å². The number of anilines is 2. The lowest BCUT2D eigenvalue weighted by atomic mass is 10.1. The number of thioether (sulfide) groups is 1. The summed E-state index contributed by atoms with van der Waals surface area (Å²) in [4.78, 5) is 6.58. The van der Waals surface area contributed by atoms with E-state index in [2.05, 4.69) is 63.6 Å². The Morgan fingerprint density at radius 2 is 1.52 bits per heavy atom. The van der Waals surface area contributed by atoms with Gasteiger partial charge < -0.3 is 0 Å². The van der Waals surface area contributed by atoms with E-state index >= 15 is 0 Å². The lowest BCUT2D eigenvalue weighted by Crippen LogP contribution is -2.34. The molecule has 25 heavy (non-hydrogen) atoms. The molecular weight excluding hydrogens is 328 g/mol. The molecular formula is C20H18N4S. The van der Waals surface area contributed by atoms with Crippen molar-refractivity contribution in [2.75, 3.05) is 16.2 Å². The Morgan fingerprint density at radius 1 is 0.840 bits per heavy atom. The molecule has 0 radical (unpaired) electrons. The van der Waals surface area contributed by atoms with Gasteiger partial charge in [0.2, 0.25) is 0 Å². The van der Waals surface area contributed by atoms with Gasteiger partial charge >= 0.3 is 0 Å². The zero-order valence-electron chi connectivity index (χ0n) is 13.9. The van der Waals surface area contributed by atoms with E-state index in [-0.39, 0.29) is 6.17 Å². The molecule has 1 atom stereocenters. The minimum absolute atomic E-state index is 0.0686. The van der Waals surface area contributed by atoms with Crippen molar-refractivity contribution in [3.63, 3.8) is 0 Å². The van der Waals surface area contributed by atoms with Crippen LogP contribution in [0.15, 0.2) is 90.3 Å². The maximum atomic E-state index is 4.90. The highest BCUT2D eigenvalue weighted by Gasteiger charge is 2.37. The van der Waals surface area contributed by atoms with Crippen molar-refractivity contribution in [3.05, 3.63) is 90.8 Å². The molecule has 1 aliphatic rings. The molecule has 0 amide bonds. The van der Waals surface area contributed by atoms with Crippen LogP contribution in [0.1, 0.15) is 11.7 Å². The van der Waals surface area contributed by atoms with Crippen molar-refractivity contribution in [2.24, 2.45) is 5.10 Å². The molecule has 0 bridgehead atoms. The van der Waals surface area contributed by atoms with Crippen molar-refractivity contribution >= 4 is 28.3 Å². The molecule has 1 aromatic heterocycles. The molecule has 124 valence electrons. The number of hydrazone groups is 1. The summed E-state index contributed by atoms with van der Waals surface area (Å²) in [5.74, 6) is 0. The highest BCUT2D eigenvalue weighted by atomic mass is 32.2. The van der Waals surface area contributed by atoms with Gasteiger partial charge in [0.1, 0.15) is 0 Å². The largest absolute Gasteiger partial charge is 0.292 e. The zero-order chi connectivity index (χ0) is 17.1. The Balaban J connectivity index is 1.85. The number of para-hydroxylation sites is 2. The van der Waals surface area contributed by atoms with Gasteiger partial charge in [-0.25, -0.2) is 5.01 Å². The summed E-state index contributed by atoms with van der Waals surface area (Å²) in [7, 11) is 0. The first-order valence-corrected chi connectivity index (χ1v) is 9.32. The first kappa shape index (κ1) is 15.7. The molecule has 0 saturated carbocycles. The number of nitrogens with zero attached hydrogens (tertiary/aromatic N) is 4. The summed E-state index contributed by atoms with van der Waals surface area (Å²) in [6.07, 6.45) is 5.70. The van der Waals surface area contributed by atoms with E-state index in [1.54, 1.807) is 18.0 Å². The minimum Gasteiger partial charge on any atom is -0.292 e. The van der Waals surface area contributed by atoms with Gasteiger partial charge in [-0.05, 0) is 36.6 Å². The van der Waals surface area contributed by atoms with Gasteiger partial charge in [-0.2, -0.15) is 0 Å². The summed E-state index contributed by atoms with van der Waals surface area (Å²) < 4.78 is 0. The van der Waals surface area contributed by atoms with E-state index in [1.807, 2.05) is 36.5 Å². The average Bonchev–Trinajstić information content (AvgIpc) is 3.10. The lowest BCUT2D eigenvalue weighted by molar-refractivity contribution is 0.700. The van der Waals surface area contributed by atoms with Crippen LogP contribution in [0.25, 0.3) is 0 Å². The molecule has 2 aromatic carbocycles. The monoisotopic (exact) mass is 346 g/mol. The Bertz CT molecular complexity index is 853. The van der Waals surface area contributed by atoms with Crippen molar-refractivity contribution in [1.82, 2.24) is 4.98 Å². The van der Waals surface area contributed by atoms with Crippen LogP contribution in [0.4, 0.5) is 11.4 Å². The molecule has 0 spiro atoms. The predicted octanol–water partition coefficient (Wildman–Crippen LogP) is 4.74. The van der Waals surface area contributed by atoms with Crippen LogP contribution in [0.3, 0.4) is 0 Å². The third kappa shape index (κ3) is 2.98. The van der Waals surface area contributed by atoms with E-state index < -0.39 is 0 Å².